The van der Waals surface area contributed by atoms with Crippen molar-refractivity contribution < 1.29 is 19.1 Å². The van der Waals surface area contributed by atoms with Crippen molar-refractivity contribution in [3.05, 3.63) is 57.2 Å². The number of hydrogen-bond acceptors (Lipinski definition) is 4. The van der Waals surface area contributed by atoms with Gasteiger partial charge in [0.2, 0.25) is 0 Å². The number of benzene rings is 2. The van der Waals surface area contributed by atoms with Gasteiger partial charge in [-0.2, -0.15) is 0 Å². The highest BCUT2D eigenvalue weighted by atomic mass is 127. The Hall–Kier alpha value is -1.89. The predicted octanol–water partition coefficient (Wildman–Crippen LogP) is 3.04. The molecule has 0 atom stereocenters. The Labute approximate surface area is 122 Å². The number of esters is 2. The molecule has 1 aliphatic heterocycles. The SMILES string of the molecule is O=C1Oc2c(I)cccc2C(=O)Oc2ccccc21. The maximum absolute atomic E-state index is 12.1. The Morgan fingerprint density at radius 2 is 1.47 bits per heavy atom. The molecule has 0 saturated heterocycles. The van der Waals surface area contributed by atoms with Crippen molar-refractivity contribution in [1.82, 2.24) is 0 Å². The lowest BCUT2D eigenvalue weighted by Crippen LogP contribution is -2.20. The van der Waals surface area contributed by atoms with Crippen molar-refractivity contribution in [2.45, 2.75) is 0 Å². The fourth-order valence-electron chi connectivity index (χ4n) is 1.80. The standard InChI is InChI=1S/C14H7IO4/c15-10-6-3-5-9-12(10)19-13(16)8-4-1-2-7-11(8)18-14(9)17/h1-7H. The summed E-state index contributed by atoms with van der Waals surface area (Å²) in [4.78, 5) is 24.1. The average molecular weight is 366 g/mol. The lowest BCUT2D eigenvalue weighted by Gasteiger charge is -2.16. The normalized spacial score (nSPS) is 13.5. The van der Waals surface area contributed by atoms with Crippen LogP contribution in [0.4, 0.5) is 0 Å². The molecular formula is C14H7IO4. The minimum Gasteiger partial charge on any atom is -0.422 e. The molecule has 2 aromatic carbocycles. The molecule has 1 heterocycles. The van der Waals surface area contributed by atoms with Gasteiger partial charge in [-0.05, 0) is 46.9 Å². The van der Waals surface area contributed by atoms with Gasteiger partial charge in [-0.3, -0.25) is 0 Å². The van der Waals surface area contributed by atoms with Gasteiger partial charge < -0.3 is 9.47 Å². The van der Waals surface area contributed by atoms with Gasteiger partial charge in [-0.15, -0.1) is 0 Å². The molecule has 19 heavy (non-hydrogen) atoms. The van der Waals surface area contributed by atoms with E-state index in [0.29, 0.717) is 3.57 Å². The first-order chi connectivity index (χ1) is 9.16. The predicted molar refractivity (Wildman–Crippen MR) is 75.5 cm³/mol. The van der Waals surface area contributed by atoms with E-state index in [2.05, 4.69) is 0 Å². The largest absolute Gasteiger partial charge is 0.422 e. The van der Waals surface area contributed by atoms with Crippen molar-refractivity contribution >= 4 is 34.5 Å². The molecule has 0 unspecified atom stereocenters. The van der Waals surface area contributed by atoms with Crippen LogP contribution >= 0.6 is 22.6 Å². The molecule has 0 radical (unpaired) electrons. The van der Waals surface area contributed by atoms with Gasteiger partial charge in [0.25, 0.3) is 0 Å². The van der Waals surface area contributed by atoms with E-state index in [-0.39, 0.29) is 22.6 Å². The fraction of sp³-hybridized carbons (Fsp3) is 0. The van der Waals surface area contributed by atoms with E-state index in [1.54, 1.807) is 42.5 Å². The summed E-state index contributed by atoms with van der Waals surface area (Å²) in [6.07, 6.45) is 0. The molecule has 2 aromatic rings. The Morgan fingerprint density at radius 3 is 2.32 bits per heavy atom. The zero-order valence-electron chi connectivity index (χ0n) is 9.55. The fourth-order valence-corrected chi connectivity index (χ4v) is 2.41. The number of para-hydroxylation sites is 2. The second-order valence-electron chi connectivity index (χ2n) is 3.89. The van der Waals surface area contributed by atoms with Crippen LogP contribution in [0.3, 0.4) is 0 Å². The van der Waals surface area contributed by atoms with Crippen LogP contribution in [0.25, 0.3) is 0 Å². The minimum atomic E-state index is -0.534. The lowest BCUT2D eigenvalue weighted by molar-refractivity contribution is 0.0667. The van der Waals surface area contributed by atoms with Crippen LogP contribution in [0.1, 0.15) is 20.7 Å². The average Bonchev–Trinajstić information content (AvgIpc) is 2.40. The zero-order chi connectivity index (χ0) is 13.4. The minimum absolute atomic E-state index is 0.210. The molecule has 1 aliphatic rings. The molecule has 94 valence electrons. The van der Waals surface area contributed by atoms with E-state index < -0.39 is 11.9 Å². The number of fused-ring (bicyclic) bond motifs is 2. The van der Waals surface area contributed by atoms with Crippen LogP contribution in [0, 0.1) is 3.57 Å². The van der Waals surface area contributed by atoms with E-state index in [1.165, 1.54) is 0 Å². The first kappa shape index (κ1) is 12.2. The molecule has 5 heteroatoms. The van der Waals surface area contributed by atoms with Crippen LogP contribution in [0.15, 0.2) is 42.5 Å². The van der Waals surface area contributed by atoms with Crippen molar-refractivity contribution in [2.75, 3.05) is 0 Å². The van der Waals surface area contributed by atoms with E-state index in [1.807, 2.05) is 22.6 Å². The van der Waals surface area contributed by atoms with Crippen molar-refractivity contribution in [1.29, 1.82) is 0 Å². The maximum Gasteiger partial charge on any atom is 0.347 e. The highest BCUT2D eigenvalue weighted by molar-refractivity contribution is 14.1. The molecule has 0 bridgehead atoms. The highest BCUT2D eigenvalue weighted by Crippen LogP contribution is 2.31. The van der Waals surface area contributed by atoms with Gasteiger partial charge >= 0.3 is 11.9 Å². The Morgan fingerprint density at radius 1 is 0.789 bits per heavy atom. The first-order valence-corrected chi connectivity index (χ1v) is 6.56. The van der Waals surface area contributed by atoms with Crippen molar-refractivity contribution in [3.8, 4) is 11.5 Å². The van der Waals surface area contributed by atoms with Gasteiger partial charge in [0, 0.05) is 0 Å². The summed E-state index contributed by atoms with van der Waals surface area (Å²) in [5, 5.41) is 0. The van der Waals surface area contributed by atoms with Gasteiger partial charge in [-0.25, -0.2) is 9.59 Å². The third-order valence-corrected chi connectivity index (χ3v) is 3.54. The van der Waals surface area contributed by atoms with Gasteiger partial charge in [-0.1, -0.05) is 18.2 Å². The number of carbonyl (C=O) groups is 2. The van der Waals surface area contributed by atoms with Gasteiger partial charge in [0.1, 0.15) is 16.9 Å². The quantitative estimate of drug-likeness (QED) is 0.409. The Balaban J connectivity index is 2.18. The Kier molecular flexibility index (Phi) is 2.98. The summed E-state index contributed by atoms with van der Waals surface area (Å²) in [6.45, 7) is 0. The summed E-state index contributed by atoms with van der Waals surface area (Å²) < 4.78 is 11.2. The van der Waals surface area contributed by atoms with Gasteiger partial charge in [0.05, 0.1) is 3.57 Å². The summed E-state index contributed by atoms with van der Waals surface area (Å²) in [5.74, 6) is -0.614. The third kappa shape index (κ3) is 2.10. The smallest absolute Gasteiger partial charge is 0.347 e. The molecule has 0 aromatic heterocycles. The van der Waals surface area contributed by atoms with E-state index in [0.717, 1.165) is 0 Å². The lowest BCUT2D eigenvalue weighted by atomic mass is 10.1. The highest BCUT2D eigenvalue weighted by Gasteiger charge is 2.26. The van der Waals surface area contributed by atoms with E-state index in [9.17, 15) is 9.59 Å². The van der Waals surface area contributed by atoms with Crippen LogP contribution in [0.2, 0.25) is 0 Å². The summed E-state index contributed by atoms with van der Waals surface area (Å²) >= 11 is 2.01. The first-order valence-electron chi connectivity index (χ1n) is 5.49. The van der Waals surface area contributed by atoms with Crippen molar-refractivity contribution in [3.63, 3.8) is 0 Å². The summed E-state index contributed by atoms with van der Waals surface area (Å²) in [7, 11) is 0. The Bertz CT molecular complexity index is 694. The number of carbonyl (C=O) groups excluding carboxylic acids is 2. The maximum atomic E-state index is 12.1. The third-order valence-electron chi connectivity index (χ3n) is 2.69. The number of halogens is 1. The molecule has 0 saturated carbocycles. The molecule has 0 fully saturated rings. The second kappa shape index (κ2) is 4.65. The second-order valence-corrected chi connectivity index (χ2v) is 5.05. The van der Waals surface area contributed by atoms with Crippen LogP contribution in [0.5, 0.6) is 11.5 Å². The van der Waals surface area contributed by atoms with Crippen LogP contribution < -0.4 is 9.47 Å². The molecule has 0 amide bonds. The molecule has 4 nitrogen and oxygen atoms in total. The molecular weight excluding hydrogens is 359 g/mol. The van der Waals surface area contributed by atoms with Crippen LogP contribution in [-0.2, 0) is 0 Å². The van der Waals surface area contributed by atoms with E-state index in [4.69, 9.17) is 9.47 Å². The molecule has 0 aliphatic carbocycles. The number of ether oxygens (including phenoxy) is 2. The number of hydrogen-bond donors (Lipinski definition) is 0. The zero-order valence-corrected chi connectivity index (χ0v) is 11.7. The number of rotatable bonds is 0. The topological polar surface area (TPSA) is 52.6 Å². The van der Waals surface area contributed by atoms with Crippen molar-refractivity contribution in [2.24, 2.45) is 0 Å². The molecule has 0 N–H and O–H groups in total. The van der Waals surface area contributed by atoms with Crippen LogP contribution in [-0.4, -0.2) is 11.9 Å². The molecule has 3 rings (SSSR count). The summed E-state index contributed by atoms with van der Waals surface area (Å²) in [6, 6.07) is 11.5. The van der Waals surface area contributed by atoms with Gasteiger partial charge in [0.15, 0.2) is 5.75 Å². The molecule has 0 spiro atoms. The summed E-state index contributed by atoms with van der Waals surface area (Å²) in [5.41, 5.74) is 0.482. The monoisotopic (exact) mass is 366 g/mol. The van der Waals surface area contributed by atoms with E-state index >= 15 is 0 Å².